The highest BCUT2D eigenvalue weighted by atomic mass is 35.7. The molecule has 0 heterocycles. The van der Waals surface area contributed by atoms with Crippen LogP contribution in [0.25, 0.3) is 0 Å². The zero-order valence-corrected chi connectivity index (χ0v) is 8.01. The van der Waals surface area contributed by atoms with Crippen LogP contribution in [0.3, 0.4) is 0 Å². The van der Waals surface area contributed by atoms with E-state index in [0.717, 1.165) is 5.75 Å². The van der Waals surface area contributed by atoms with E-state index in [0.29, 0.717) is 0 Å². The molecule has 0 aliphatic carbocycles. The number of halogens is 1. The number of rotatable bonds is 2. The van der Waals surface area contributed by atoms with Crippen molar-refractivity contribution in [1.29, 1.82) is 0 Å². The third-order valence-corrected chi connectivity index (χ3v) is 1.44. The van der Waals surface area contributed by atoms with Crippen molar-refractivity contribution < 1.29 is 4.52 Å². The summed E-state index contributed by atoms with van der Waals surface area (Å²) < 4.78 is 5.00. The highest BCUT2D eigenvalue weighted by Gasteiger charge is 1.85. The van der Waals surface area contributed by atoms with Crippen molar-refractivity contribution in [1.82, 2.24) is 0 Å². The Kier molecular flexibility index (Phi) is 7.59. The molecule has 1 rings (SSSR count). The van der Waals surface area contributed by atoms with Gasteiger partial charge in [-0.2, -0.15) is 0 Å². The lowest BCUT2D eigenvalue weighted by molar-refractivity contribution is 0.642. The van der Waals surface area contributed by atoms with E-state index in [9.17, 15) is 0 Å². The van der Waals surface area contributed by atoms with Crippen LogP contribution in [0.5, 0.6) is 5.75 Å². The summed E-state index contributed by atoms with van der Waals surface area (Å²) in [5.74, 6) is 0.825. The van der Waals surface area contributed by atoms with E-state index in [-0.39, 0.29) is 8.16 Å². The van der Waals surface area contributed by atoms with Crippen LogP contribution in [-0.4, -0.2) is 7.05 Å². The normalized spacial score (nSPS) is 9.00. The maximum Gasteiger partial charge on any atom is 0.168 e. The van der Waals surface area contributed by atoms with Crippen LogP contribution >= 0.6 is 19.4 Å². The summed E-state index contributed by atoms with van der Waals surface area (Å²) in [7, 11) is 1.51. The smallest absolute Gasteiger partial charge is 0.168 e. The molecule has 1 atom stereocenters. The molecule has 0 spiro atoms. The van der Waals surface area contributed by atoms with Gasteiger partial charge >= 0.3 is 0 Å². The van der Waals surface area contributed by atoms with Crippen molar-refractivity contribution in [3.05, 3.63) is 30.3 Å². The summed E-state index contributed by atoms with van der Waals surface area (Å²) in [4.78, 5) is 0. The topological polar surface area (TPSA) is 35.2 Å². The highest BCUT2D eigenvalue weighted by molar-refractivity contribution is 7.64. The maximum absolute atomic E-state index is 5.34. The van der Waals surface area contributed by atoms with Crippen LogP contribution in [0.1, 0.15) is 0 Å². The van der Waals surface area contributed by atoms with Gasteiger partial charge in [-0.05, 0) is 19.2 Å². The number of hydrogen-bond donors (Lipinski definition) is 1. The number of para-hydroxylation sites is 1. The van der Waals surface area contributed by atoms with Gasteiger partial charge in [0.05, 0.1) is 0 Å². The lowest BCUT2D eigenvalue weighted by Gasteiger charge is -1.96. The fraction of sp³-hybridized carbons (Fsp3) is 0.143. The molecule has 1 unspecified atom stereocenters. The average Bonchev–Trinajstić information content (AvgIpc) is 2.11. The fourth-order valence-electron chi connectivity index (χ4n) is 0.533. The summed E-state index contributed by atoms with van der Waals surface area (Å²) >= 11 is 5.34. The molecule has 0 saturated carbocycles. The predicted octanol–water partition coefficient (Wildman–Crippen LogP) is 2.39. The molecule has 0 fully saturated rings. The molecule has 4 heteroatoms. The van der Waals surface area contributed by atoms with Crippen molar-refractivity contribution in [2.75, 3.05) is 7.05 Å². The summed E-state index contributed by atoms with van der Waals surface area (Å²) in [6.07, 6.45) is 0. The number of hydrogen-bond acceptors (Lipinski definition) is 2. The number of nitrogens with two attached hydrogens (primary N) is 1. The molecular weight excluding hydrogens is 181 g/mol. The van der Waals surface area contributed by atoms with E-state index >= 15 is 0 Å². The standard InChI is InChI=1S/C6H6ClOP.CH5N/c7-9-8-6-4-2-1-3-5-6;1-2/h1-5,9H;2H2,1H3. The minimum atomic E-state index is 0.00744. The lowest BCUT2D eigenvalue weighted by Crippen LogP contribution is -1.71. The Morgan fingerprint density at radius 1 is 1.27 bits per heavy atom. The maximum atomic E-state index is 5.34. The van der Waals surface area contributed by atoms with E-state index in [2.05, 4.69) is 5.73 Å². The summed E-state index contributed by atoms with van der Waals surface area (Å²) in [6.45, 7) is 0. The summed E-state index contributed by atoms with van der Waals surface area (Å²) in [6, 6.07) is 9.49. The van der Waals surface area contributed by atoms with Crippen molar-refractivity contribution >= 4 is 19.4 Å². The van der Waals surface area contributed by atoms with Crippen LogP contribution in [0.4, 0.5) is 0 Å². The van der Waals surface area contributed by atoms with Gasteiger partial charge in [0, 0.05) is 0 Å². The van der Waals surface area contributed by atoms with Gasteiger partial charge in [-0.25, -0.2) is 0 Å². The third-order valence-electron chi connectivity index (χ3n) is 0.900. The molecule has 0 aliphatic rings. The first-order chi connectivity index (χ1) is 5.43. The van der Waals surface area contributed by atoms with Gasteiger partial charge in [0.2, 0.25) is 0 Å². The van der Waals surface area contributed by atoms with Gasteiger partial charge in [-0.1, -0.05) is 29.4 Å². The molecule has 0 aliphatic heterocycles. The zero-order valence-electron chi connectivity index (χ0n) is 6.25. The molecule has 0 saturated heterocycles. The highest BCUT2D eigenvalue weighted by Crippen LogP contribution is 2.22. The van der Waals surface area contributed by atoms with Gasteiger partial charge in [-0.3, -0.25) is 0 Å². The van der Waals surface area contributed by atoms with Crippen LogP contribution in [0.2, 0.25) is 0 Å². The van der Waals surface area contributed by atoms with E-state index in [1.807, 2.05) is 30.3 Å². The predicted molar refractivity (Wildman–Crippen MR) is 51.3 cm³/mol. The molecular formula is C7H11ClNOP. The SMILES string of the molecule is CN.ClPOc1ccccc1. The summed E-state index contributed by atoms with van der Waals surface area (Å²) in [5.41, 5.74) is 4.50. The van der Waals surface area contributed by atoms with Gasteiger partial charge in [0.25, 0.3) is 0 Å². The van der Waals surface area contributed by atoms with E-state index in [4.69, 9.17) is 15.8 Å². The molecule has 1 aromatic rings. The minimum absolute atomic E-state index is 0.00744. The molecule has 0 bridgehead atoms. The van der Waals surface area contributed by atoms with Crippen LogP contribution in [-0.2, 0) is 0 Å². The summed E-state index contributed by atoms with van der Waals surface area (Å²) in [5, 5.41) is 0. The van der Waals surface area contributed by atoms with Crippen molar-refractivity contribution in [2.45, 2.75) is 0 Å². The monoisotopic (exact) mass is 191 g/mol. The van der Waals surface area contributed by atoms with E-state index in [1.54, 1.807) is 0 Å². The molecule has 11 heavy (non-hydrogen) atoms. The van der Waals surface area contributed by atoms with Crippen LogP contribution < -0.4 is 10.3 Å². The molecule has 0 aromatic heterocycles. The Hall–Kier alpha value is -0.300. The Balaban J connectivity index is 0.000000461. The van der Waals surface area contributed by atoms with Gasteiger partial charge in [-0.15, -0.1) is 0 Å². The van der Waals surface area contributed by atoms with Crippen LogP contribution in [0, 0.1) is 0 Å². The first-order valence-electron chi connectivity index (χ1n) is 3.09. The zero-order chi connectivity index (χ0) is 8.53. The first kappa shape index (κ1) is 10.7. The van der Waals surface area contributed by atoms with Crippen molar-refractivity contribution in [3.63, 3.8) is 0 Å². The Morgan fingerprint density at radius 3 is 2.27 bits per heavy atom. The molecule has 2 N–H and O–H groups in total. The lowest BCUT2D eigenvalue weighted by atomic mass is 10.3. The third kappa shape index (κ3) is 5.02. The van der Waals surface area contributed by atoms with Gasteiger partial charge in [0.15, 0.2) is 8.16 Å². The van der Waals surface area contributed by atoms with E-state index < -0.39 is 0 Å². The second-order valence-electron chi connectivity index (χ2n) is 1.49. The Labute approximate surface area is 73.4 Å². The Bertz CT molecular complexity index is 171. The van der Waals surface area contributed by atoms with Gasteiger partial charge < -0.3 is 10.3 Å². The van der Waals surface area contributed by atoms with Crippen molar-refractivity contribution in [3.8, 4) is 5.75 Å². The molecule has 2 nitrogen and oxygen atoms in total. The Morgan fingerprint density at radius 2 is 1.82 bits per heavy atom. The van der Waals surface area contributed by atoms with E-state index in [1.165, 1.54) is 7.05 Å². The quantitative estimate of drug-likeness (QED) is 0.729. The molecule has 0 radical (unpaired) electrons. The van der Waals surface area contributed by atoms with Crippen molar-refractivity contribution in [2.24, 2.45) is 5.73 Å². The van der Waals surface area contributed by atoms with Gasteiger partial charge in [0.1, 0.15) is 5.75 Å². The second kappa shape index (κ2) is 7.80. The minimum Gasteiger partial charge on any atom is -0.461 e. The first-order valence-corrected chi connectivity index (χ1v) is 5.01. The van der Waals surface area contributed by atoms with Crippen LogP contribution in [0.15, 0.2) is 30.3 Å². The molecule has 62 valence electrons. The fourth-order valence-corrected chi connectivity index (χ4v) is 1.03. The number of benzene rings is 1. The second-order valence-corrected chi connectivity index (χ2v) is 2.31. The molecule has 1 aromatic carbocycles. The average molecular weight is 192 g/mol. The largest absolute Gasteiger partial charge is 0.461 e. The molecule has 0 amide bonds.